The highest BCUT2D eigenvalue weighted by molar-refractivity contribution is 6.18. The molecule has 4 heteroatoms. The van der Waals surface area contributed by atoms with Crippen molar-refractivity contribution in [3.63, 3.8) is 0 Å². The molecule has 3 nitrogen and oxygen atoms in total. The number of hydrogen-bond acceptors (Lipinski definition) is 2. The summed E-state index contributed by atoms with van der Waals surface area (Å²) in [5, 5.41) is 2.90. The van der Waals surface area contributed by atoms with Crippen LogP contribution in [0.3, 0.4) is 0 Å². The Kier molecular flexibility index (Phi) is 7.10. The summed E-state index contributed by atoms with van der Waals surface area (Å²) >= 11 is 5.98. The van der Waals surface area contributed by atoms with E-state index < -0.39 is 0 Å². The van der Waals surface area contributed by atoms with Gasteiger partial charge in [-0.3, -0.25) is 4.79 Å². The predicted molar refractivity (Wildman–Crippen MR) is 72.4 cm³/mol. The Morgan fingerprint density at radius 1 is 1.24 bits per heavy atom. The lowest BCUT2D eigenvalue weighted by atomic mass is 9.84. The van der Waals surface area contributed by atoms with Crippen LogP contribution < -0.4 is 5.32 Å². The molecule has 1 amide bonds. The molecule has 0 aliphatic heterocycles. The maximum absolute atomic E-state index is 11.6. The Bertz CT molecular complexity index is 224. The van der Waals surface area contributed by atoms with Crippen LogP contribution in [0.25, 0.3) is 0 Å². The van der Waals surface area contributed by atoms with Gasteiger partial charge < -0.3 is 10.1 Å². The molecule has 0 heterocycles. The van der Waals surface area contributed by atoms with Crippen LogP contribution in [0.5, 0.6) is 0 Å². The highest BCUT2D eigenvalue weighted by Crippen LogP contribution is 2.26. The monoisotopic (exact) mass is 263 g/mol. The van der Waals surface area contributed by atoms with E-state index in [2.05, 4.69) is 19.2 Å². The second-order valence-electron chi connectivity index (χ2n) is 5.52. The maximum Gasteiger partial charge on any atom is 0.246 e. The molecule has 0 atom stereocenters. The van der Waals surface area contributed by atoms with Gasteiger partial charge in [-0.05, 0) is 33.6 Å². The molecule has 0 saturated heterocycles. The number of alkyl halides is 1. The Balaban J connectivity index is 4.06. The summed E-state index contributed by atoms with van der Waals surface area (Å²) in [7, 11) is 0. The molecule has 0 radical (unpaired) electrons. The van der Waals surface area contributed by atoms with E-state index in [4.69, 9.17) is 16.3 Å². The van der Waals surface area contributed by atoms with E-state index in [1.165, 1.54) is 0 Å². The Morgan fingerprint density at radius 3 is 2.12 bits per heavy atom. The largest absolute Gasteiger partial charge is 0.366 e. The summed E-state index contributed by atoms with van der Waals surface area (Å²) in [6.07, 6.45) is 1.93. The molecule has 0 aromatic rings. The molecule has 0 spiro atoms. The Labute approximate surface area is 110 Å². The van der Waals surface area contributed by atoms with Crippen LogP contribution in [0.4, 0.5) is 0 Å². The highest BCUT2D eigenvalue weighted by atomic mass is 35.5. The number of carbonyl (C=O) groups is 1. The van der Waals surface area contributed by atoms with Crippen LogP contribution in [0.15, 0.2) is 0 Å². The highest BCUT2D eigenvalue weighted by Gasteiger charge is 2.25. The van der Waals surface area contributed by atoms with E-state index in [1.807, 2.05) is 20.8 Å². The molecule has 0 bridgehead atoms. The molecule has 0 aromatic heterocycles. The summed E-state index contributed by atoms with van der Waals surface area (Å²) in [5.41, 5.74) is -0.268. The van der Waals surface area contributed by atoms with Gasteiger partial charge in [0.1, 0.15) is 6.61 Å². The normalized spacial score (nSPS) is 12.6. The van der Waals surface area contributed by atoms with Crippen LogP contribution >= 0.6 is 11.6 Å². The predicted octanol–water partition coefficient (Wildman–Crippen LogP) is 2.96. The minimum Gasteiger partial charge on any atom is -0.366 e. The molecular formula is C13H26ClNO2. The lowest BCUT2D eigenvalue weighted by Gasteiger charge is -2.29. The molecule has 17 heavy (non-hydrogen) atoms. The number of carbonyl (C=O) groups excluding carboxylic acids is 1. The third-order valence-electron chi connectivity index (χ3n) is 3.08. The first-order valence-corrected chi connectivity index (χ1v) is 6.78. The van der Waals surface area contributed by atoms with Crippen molar-refractivity contribution >= 4 is 17.5 Å². The van der Waals surface area contributed by atoms with Gasteiger partial charge in [-0.2, -0.15) is 0 Å². The van der Waals surface area contributed by atoms with Gasteiger partial charge in [-0.1, -0.05) is 13.8 Å². The third-order valence-corrected chi connectivity index (χ3v) is 3.65. The standard InChI is InChI=1S/C13H26ClNO2/c1-6-13(7-2,9-14)10-15-11(16)8-17-12(3,4)5/h6-10H2,1-5H3,(H,15,16). The first-order chi connectivity index (χ1) is 7.78. The number of nitrogens with one attached hydrogen (secondary N) is 1. The zero-order valence-electron chi connectivity index (χ0n) is 11.7. The van der Waals surface area contributed by atoms with Crippen LogP contribution in [0.2, 0.25) is 0 Å². The van der Waals surface area contributed by atoms with E-state index >= 15 is 0 Å². The van der Waals surface area contributed by atoms with Crippen molar-refractivity contribution in [3.8, 4) is 0 Å². The second-order valence-corrected chi connectivity index (χ2v) is 5.79. The quantitative estimate of drug-likeness (QED) is 0.717. The van der Waals surface area contributed by atoms with Crippen molar-refractivity contribution in [2.45, 2.75) is 53.1 Å². The van der Waals surface area contributed by atoms with E-state index in [0.717, 1.165) is 12.8 Å². The molecule has 1 N–H and O–H groups in total. The molecule has 0 aromatic carbocycles. The lowest BCUT2D eigenvalue weighted by molar-refractivity contribution is -0.131. The molecule has 102 valence electrons. The van der Waals surface area contributed by atoms with Crippen LogP contribution in [0, 0.1) is 5.41 Å². The smallest absolute Gasteiger partial charge is 0.246 e. The van der Waals surface area contributed by atoms with E-state index in [9.17, 15) is 4.79 Å². The fourth-order valence-electron chi connectivity index (χ4n) is 1.36. The minimum atomic E-state index is -0.281. The fraction of sp³-hybridized carbons (Fsp3) is 0.923. The summed E-state index contributed by atoms with van der Waals surface area (Å²) in [5.74, 6) is 0.497. The topological polar surface area (TPSA) is 38.3 Å². The Hall–Kier alpha value is -0.280. The zero-order valence-corrected chi connectivity index (χ0v) is 12.5. The van der Waals surface area contributed by atoms with Crippen molar-refractivity contribution in [2.75, 3.05) is 19.0 Å². The van der Waals surface area contributed by atoms with Crippen LogP contribution in [0.1, 0.15) is 47.5 Å². The fourth-order valence-corrected chi connectivity index (χ4v) is 1.83. The molecule has 0 rings (SSSR count). The SMILES string of the molecule is CCC(CC)(CCl)CNC(=O)COC(C)(C)C. The van der Waals surface area contributed by atoms with E-state index in [1.54, 1.807) is 0 Å². The first kappa shape index (κ1) is 16.7. The van der Waals surface area contributed by atoms with Crippen molar-refractivity contribution < 1.29 is 9.53 Å². The summed E-state index contributed by atoms with van der Waals surface area (Å²) in [4.78, 5) is 11.6. The van der Waals surface area contributed by atoms with Gasteiger partial charge in [0.25, 0.3) is 0 Å². The molecule has 0 saturated carbocycles. The number of rotatable bonds is 7. The molecule has 0 aliphatic carbocycles. The van der Waals surface area contributed by atoms with Crippen molar-refractivity contribution in [1.82, 2.24) is 5.32 Å². The molecule has 0 aliphatic rings. The van der Waals surface area contributed by atoms with E-state index in [-0.39, 0.29) is 23.5 Å². The summed E-state index contributed by atoms with van der Waals surface area (Å²) in [6.45, 7) is 10.7. The molecule has 0 unspecified atom stereocenters. The average Bonchev–Trinajstić information content (AvgIpc) is 2.28. The van der Waals surface area contributed by atoms with Gasteiger partial charge in [-0.15, -0.1) is 11.6 Å². The number of ether oxygens (including phenoxy) is 1. The van der Waals surface area contributed by atoms with Crippen molar-refractivity contribution in [1.29, 1.82) is 0 Å². The van der Waals surface area contributed by atoms with Gasteiger partial charge in [0, 0.05) is 17.8 Å². The van der Waals surface area contributed by atoms with Gasteiger partial charge in [0.05, 0.1) is 5.60 Å². The van der Waals surface area contributed by atoms with Crippen LogP contribution in [-0.4, -0.2) is 30.5 Å². The molecular weight excluding hydrogens is 238 g/mol. The van der Waals surface area contributed by atoms with E-state index in [0.29, 0.717) is 12.4 Å². The minimum absolute atomic E-state index is 0.0128. The number of hydrogen-bond donors (Lipinski definition) is 1. The average molecular weight is 264 g/mol. The summed E-state index contributed by atoms with van der Waals surface area (Å²) in [6, 6.07) is 0. The molecule has 0 fully saturated rings. The lowest BCUT2D eigenvalue weighted by Crippen LogP contribution is -2.40. The maximum atomic E-state index is 11.6. The summed E-state index contributed by atoms with van der Waals surface area (Å²) < 4.78 is 5.41. The van der Waals surface area contributed by atoms with Crippen molar-refractivity contribution in [2.24, 2.45) is 5.41 Å². The second kappa shape index (κ2) is 7.22. The Morgan fingerprint density at radius 2 is 1.76 bits per heavy atom. The third kappa shape index (κ3) is 6.89. The van der Waals surface area contributed by atoms with Crippen molar-refractivity contribution in [3.05, 3.63) is 0 Å². The zero-order chi connectivity index (χ0) is 13.5. The van der Waals surface area contributed by atoms with Gasteiger partial charge >= 0.3 is 0 Å². The van der Waals surface area contributed by atoms with Gasteiger partial charge in [-0.25, -0.2) is 0 Å². The van der Waals surface area contributed by atoms with Gasteiger partial charge in [0.2, 0.25) is 5.91 Å². The van der Waals surface area contributed by atoms with Gasteiger partial charge in [0.15, 0.2) is 0 Å². The van der Waals surface area contributed by atoms with Crippen LogP contribution in [-0.2, 0) is 9.53 Å². The number of halogens is 1. The first-order valence-electron chi connectivity index (χ1n) is 6.25. The number of amides is 1.